The zero-order valence-corrected chi connectivity index (χ0v) is 51.7. The smallest absolute Gasteiger partial charge is 0.306 e. The van der Waals surface area contributed by atoms with E-state index in [1.165, 1.54) is 122 Å². The van der Waals surface area contributed by atoms with Crippen LogP contribution in [-0.2, 0) is 32.7 Å². The Morgan fingerprint density at radius 3 is 1.09 bits per heavy atom. The molecule has 0 rings (SSSR count). The molecule has 0 aliphatic rings. The average Bonchev–Trinajstić information content (AvgIpc) is 3.41. The number of hydrogen-bond donors (Lipinski definition) is 0. The largest absolute Gasteiger partial charge is 0.756 e. The minimum Gasteiger partial charge on any atom is -0.756 e. The summed E-state index contributed by atoms with van der Waals surface area (Å²) in [6, 6.07) is 0. The summed E-state index contributed by atoms with van der Waals surface area (Å²) >= 11 is 0. The summed E-state index contributed by atoms with van der Waals surface area (Å²) in [5.41, 5.74) is 0. The zero-order valence-electron chi connectivity index (χ0n) is 50.8. The second-order valence-corrected chi connectivity index (χ2v) is 23.5. The number of phosphoric ester groups is 1. The predicted molar refractivity (Wildman–Crippen MR) is 332 cm³/mol. The van der Waals surface area contributed by atoms with Crippen LogP contribution in [0.15, 0.2) is 109 Å². The summed E-state index contributed by atoms with van der Waals surface area (Å²) in [6.45, 7) is 4.13. The Morgan fingerprint density at radius 1 is 0.410 bits per heavy atom. The third kappa shape index (κ3) is 61.9. The highest BCUT2D eigenvalue weighted by Gasteiger charge is 2.22. The Balaban J connectivity index is 4.16. The molecular formula is C68H118NO8P. The van der Waals surface area contributed by atoms with Gasteiger partial charge in [0.1, 0.15) is 19.8 Å². The van der Waals surface area contributed by atoms with Gasteiger partial charge in [0.05, 0.1) is 27.7 Å². The summed E-state index contributed by atoms with van der Waals surface area (Å²) in [6.07, 6.45) is 81.4. The number of hydrogen-bond acceptors (Lipinski definition) is 8. The number of esters is 2. The monoisotopic (exact) mass is 1110 g/mol. The van der Waals surface area contributed by atoms with E-state index >= 15 is 0 Å². The van der Waals surface area contributed by atoms with Crippen LogP contribution in [-0.4, -0.2) is 70.0 Å². The number of carbonyl (C=O) groups is 2. The van der Waals surface area contributed by atoms with Crippen LogP contribution in [0.5, 0.6) is 0 Å². The molecule has 0 N–H and O–H groups in total. The van der Waals surface area contributed by atoms with E-state index in [-0.39, 0.29) is 32.0 Å². The molecule has 0 aromatic carbocycles. The minimum atomic E-state index is -4.65. The van der Waals surface area contributed by atoms with Crippen molar-refractivity contribution in [3.05, 3.63) is 109 Å². The molecule has 0 radical (unpaired) electrons. The lowest BCUT2D eigenvalue weighted by molar-refractivity contribution is -0.870. The summed E-state index contributed by atoms with van der Waals surface area (Å²) in [4.78, 5) is 37.9. The number of carbonyl (C=O) groups excluding carboxylic acids is 2. The van der Waals surface area contributed by atoms with Crippen LogP contribution in [0, 0.1) is 0 Å². The van der Waals surface area contributed by atoms with Gasteiger partial charge < -0.3 is 27.9 Å². The van der Waals surface area contributed by atoms with Crippen molar-refractivity contribution in [2.75, 3.05) is 47.5 Å². The van der Waals surface area contributed by atoms with Crippen LogP contribution in [0.1, 0.15) is 258 Å². The fourth-order valence-corrected chi connectivity index (χ4v) is 9.20. The molecule has 448 valence electrons. The molecule has 2 atom stereocenters. The first-order valence-electron chi connectivity index (χ1n) is 31.6. The second-order valence-electron chi connectivity index (χ2n) is 22.0. The summed E-state index contributed by atoms with van der Waals surface area (Å²) < 4.78 is 34.2. The molecule has 0 bridgehead atoms. The standard InChI is InChI=1S/C68H118NO8P/c1-6-8-10-12-14-16-18-20-22-24-26-27-28-29-30-31-32-33-34-35-36-37-38-39-40-41-43-45-47-49-51-53-55-57-59-61-68(71)77-66(65-76-78(72,73)75-63-62-69(3,4)5)64-74-67(70)60-58-56-54-52-50-48-46-44-42-25-23-21-19-17-15-13-11-9-7-2/h8,10,14,16,20,22,26-27,29-30,32-33,35-36,38-39,41,43,66H,6-7,9,11-13,15,17-19,21,23-25,28,31,34,37,40,42,44-65H2,1-5H3/b10-8-,16-14-,22-20-,27-26-,30-29-,33-32-,36-35-,39-38-,43-41-. The number of rotatable bonds is 57. The van der Waals surface area contributed by atoms with E-state index in [0.717, 1.165) is 103 Å². The molecule has 0 fully saturated rings. The Morgan fingerprint density at radius 2 is 0.731 bits per heavy atom. The maximum atomic E-state index is 12.8. The van der Waals surface area contributed by atoms with Crippen LogP contribution < -0.4 is 4.89 Å². The van der Waals surface area contributed by atoms with Crippen molar-refractivity contribution in [2.45, 2.75) is 264 Å². The van der Waals surface area contributed by atoms with Crippen molar-refractivity contribution in [3.8, 4) is 0 Å². The molecule has 10 heteroatoms. The summed E-state index contributed by atoms with van der Waals surface area (Å²) in [5, 5.41) is 0. The van der Waals surface area contributed by atoms with Crippen molar-refractivity contribution in [1.82, 2.24) is 0 Å². The highest BCUT2D eigenvalue weighted by molar-refractivity contribution is 7.45. The fraction of sp³-hybridized carbons (Fsp3) is 0.706. The van der Waals surface area contributed by atoms with Crippen molar-refractivity contribution >= 4 is 19.8 Å². The van der Waals surface area contributed by atoms with Gasteiger partial charge in [0.2, 0.25) is 0 Å². The first-order valence-corrected chi connectivity index (χ1v) is 33.1. The molecule has 0 spiro atoms. The van der Waals surface area contributed by atoms with E-state index in [2.05, 4.69) is 123 Å². The number of likely N-dealkylation sites (N-methyl/N-ethyl adjacent to an activating group) is 1. The van der Waals surface area contributed by atoms with Gasteiger partial charge in [0.25, 0.3) is 7.82 Å². The maximum absolute atomic E-state index is 12.8. The third-order valence-electron chi connectivity index (χ3n) is 13.3. The zero-order chi connectivity index (χ0) is 57.0. The van der Waals surface area contributed by atoms with Crippen LogP contribution in [0.2, 0.25) is 0 Å². The first-order chi connectivity index (χ1) is 38.0. The normalized spacial score (nSPS) is 14.0. The Labute approximate surface area is 480 Å². The number of phosphoric acid groups is 1. The van der Waals surface area contributed by atoms with Gasteiger partial charge in [-0.25, -0.2) is 0 Å². The predicted octanol–water partition coefficient (Wildman–Crippen LogP) is 19.5. The number of ether oxygens (including phenoxy) is 2. The molecule has 0 aliphatic heterocycles. The molecule has 0 aliphatic carbocycles. The Bertz CT molecular complexity index is 1680. The number of nitrogens with zero attached hydrogens (tertiary/aromatic N) is 1. The molecule has 0 aromatic rings. The van der Waals surface area contributed by atoms with Crippen molar-refractivity contribution < 1.29 is 42.1 Å². The van der Waals surface area contributed by atoms with E-state index in [1.54, 1.807) is 0 Å². The molecule has 9 nitrogen and oxygen atoms in total. The molecule has 0 saturated carbocycles. The van der Waals surface area contributed by atoms with Crippen molar-refractivity contribution in [3.63, 3.8) is 0 Å². The van der Waals surface area contributed by atoms with Crippen LogP contribution in [0.3, 0.4) is 0 Å². The molecule has 0 amide bonds. The maximum Gasteiger partial charge on any atom is 0.306 e. The number of quaternary nitrogens is 1. The highest BCUT2D eigenvalue weighted by atomic mass is 31.2. The topological polar surface area (TPSA) is 111 Å². The lowest BCUT2D eigenvalue weighted by Crippen LogP contribution is -2.37. The fourth-order valence-electron chi connectivity index (χ4n) is 8.47. The highest BCUT2D eigenvalue weighted by Crippen LogP contribution is 2.38. The van der Waals surface area contributed by atoms with Gasteiger partial charge in [-0.15, -0.1) is 0 Å². The quantitative estimate of drug-likeness (QED) is 0.0195. The van der Waals surface area contributed by atoms with Crippen LogP contribution in [0.25, 0.3) is 0 Å². The molecule has 0 heterocycles. The van der Waals surface area contributed by atoms with Gasteiger partial charge >= 0.3 is 11.9 Å². The van der Waals surface area contributed by atoms with E-state index in [0.29, 0.717) is 17.4 Å². The van der Waals surface area contributed by atoms with Gasteiger partial charge in [-0.1, -0.05) is 271 Å². The van der Waals surface area contributed by atoms with E-state index < -0.39 is 26.5 Å². The molecular weight excluding hydrogens is 990 g/mol. The van der Waals surface area contributed by atoms with E-state index in [1.807, 2.05) is 21.1 Å². The SMILES string of the molecule is CC/C=C\C/C=C\C/C=C\C/C=C\C/C=C\C/C=C\C/C=C\C/C=C\C/C=C\CCCCCCCCCC(=O)OC(COC(=O)CCCCCCCCCCCCCCCCCCCCC)COP(=O)([O-])OCC[N+](C)(C)C. The van der Waals surface area contributed by atoms with Gasteiger partial charge in [0.15, 0.2) is 6.10 Å². The Hall–Kier alpha value is -3.33. The molecule has 0 saturated heterocycles. The van der Waals surface area contributed by atoms with Gasteiger partial charge in [0, 0.05) is 12.8 Å². The number of allylic oxidation sites excluding steroid dienone is 18. The second kappa shape index (κ2) is 58.3. The average molecular weight is 1110 g/mol. The lowest BCUT2D eigenvalue weighted by Gasteiger charge is -2.28. The van der Waals surface area contributed by atoms with E-state index in [4.69, 9.17) is 18.5 Å². The number of unbranched alkanes of at least 4 members (excludes halogenated alkanes) is 25. The van der Waals surface area contributed by atoms with E-state index in [9.17, 15) is 19.0 Å². The summed E-state index contributed by atoms with van der Waals surface area (Å²) in [5.74, 6) is -0.844. The van der Waals surface area contributed by atoms with Crippen LogP contribution >= 0.6 is 7.82 Å². The lowest BCUT2D eigenvalue weighted by atomic mass is 10.0. The minimum absolute atomic E-state index is 0.0369. The third-order valence-corrected chi connectivity index (χ3v) is 14.3. The van der Waals surface area contributed by atoms with Gasteiger partial charge in [-0.2, -0.15) is 0 Å². The Kier molecular flexibility index (Phi) is 55.8. The molecule has 0 aromatic heterocycles. The summed E-state index contributed by atoms with van der Waals surface area (Å²) in [7, 11) is 1.15. The molecule has 2 unspecified atom stereocenters. The van der Waals surface area contributed by atoms with Crippen molar-refractivity contribution in [1.29, 1.82) is 0 Å². The first kappa shape index (κ1) is 74.7. The van der Waals surface area contributed by atoms with Crippen LogP contribution in [0.4, 0.5) is 0 Å². The van der Waals surface area contributed by atoms with Gasteiger partial charge in [-0.05, 0) is 83.5 Å². The van der Waals surface area contributed by atoms with Gasteiger partial charge in [-0.3, -0.25) is 14.2 Å². The van der Waals surface area contributed by atoms with Crippen molar-refractivity contribution in [2.24, 2.45) is 0 Å². The molecule has 78 heavy (non-hydrogen) atoms.